The topological polar surface area (TPSA) is 107 Å². The van der Waals surface area contributed by atoms with Gasteiger partial charge in [0, 0.05) is 11.1 Å². The van der Waals surface area contributed by atoms with Crippen molar-refractivity contribution in [3.63, 3.8) is 0 Å². The predicted octanol–water partition coefficient (Wildman–Crippen LogP) is 4.66. The number of ether oxygens (including phenoxy) is 1. The molecule has 7 nitrogen and oxygen atoms in total. The number of benzene rings is 2. The Labute approximate surface area is 199 Å². The number of cyclic esters (lactones) is 1. The van der Waals surface area contributed by atoms with Crippen molar-refractivity contribution in [2.24, 2.45) is 5.92 Å². The van der Waals surface area contributed by atoms with Crippen LogP contribution in [0.4, 0.5) is 0 Å². The number of rotatable bonds is 7. The summed E-state index contributed by atoms with van der Waals surface area (Å²) in [4.78, 5) is 24.0. The molecule has 2 aromatic rings. The van der Waals surface area contributed by atoms with Crippen molar-refractivity contribution in [2.45, 2.75) is 64.4 Å². The van der Waals surface area contributed by atoms with Gasteiger partial charge in [-0.25, -0.2) is 4.79 Å². The SMILES string of the molecule is CCc1c(C)c2c(c(OS(=O)(=O)c3ccc(C)cc3)c1C/C=C1\CCC(C(=O)O)C1)C(=O)OC2. The van der Waals surface area contributed by atoms with E-state index in [1.54, 1.807) is 12.1 Å². The molecule has 2 aromatic carbocycles. The molecule has 1 aliphatic carbocycles. The molecule has 0 radical (unpaired) electrons. The van der Waals surface area contributed by atoms with E-state index in [1.807, 2.05) is 26.8 Å². The molecule has 0 amide bonds. The average Bonchev–Trinajstić information content (AvgIpc) is 3.42. The molecule has 1 fully saturated rings. The number of carboxylic acids is 1. The fraction of sp³-hybridized carbons (Fsp3) is 0.385. The van der Waals surface area contributed by atoms with E-state index in [-0.39, 0.29) is 22.8 Å². The summed E-state index contributed by atoms with van der Waals surface area (Å²) in [5.74, 6) is -1.78. The number of hydrogen-bond donors (Lipinski definition) is 1. The number of fused-ring (bicyclic) bond motifs is 1. The minimum Gasteiger partial charge on any atom is -0.481 e. The fourth-order valence-corrected chi connectivity index (χ4v) is 5.77. The first-order valence-corrected chi connectivity index (χ1v) is 12.8. The van der Waals surface area contributed by atoms with Gasteiger partial charge in [-0.2, -0.15) is 8.42 Å². The Hall–Kier alpha value is -3.13. The van der Waals surface area contributed by atoms with Crippen LogP contribution in [-0.4, -0.2) is 25.5 Å². The maximum atomic E-state index is 13.2. The number of carbonyl (C=O) groups excluding carboxylic acids is 1. The van der Waals surface area contributed by atoms with Gasteiger partial charge in [-0.15, -0.1) is 0 Å². The summed E-state index contributed by atoms with van der Waals surface area (Å²) in [6, 6.07) is 6.33. The zero-order valence-electron chi connectivity index (χ0n) is 19.5. The molecular formula is C26H28O7S. The van der Waals surface area contributed by atoms with Crippen molar-refractivity contribution in [3.05, 3.63) is 69.3 Å². The molecule has 1 atom stereocenters. The van der Waals surface area contributed by atoms with Gasteiger partial charge in [0.2, 0.25) is 0 Å². The van der Waals surface area contributed by atoms with E-state index in [9.17, 15) is 23.1 Å². The van der Waals surface area contributed by atoms with Gasteiger partial charge in [-0.1, -0.05) is 36.3 Å². The zero-order valence-corrected chi connectivity index (χ0v) is 20.3. The lowest BCUT2D eigenvalue weighted by Crippen LogP contribution is -2.16. The molecule has 34 heavy (non-hydrogen) atoms. The standard InChI is InChI=1S/C26H28O7S/c1-4-20-16(3)22-14-32-26(29)23(22)24(33-34(30,31)19-10-5-15(2)6-11-19)21(20)12-8-17-7-9-18(13-17)25(27)28/h5-6,8,10-11,18H,4,7,9,12-14H2,1-3H3,(H,27,28)/b17-8+. The van der Waals surface area contributed by atoms with E-state index >= 15 is 0 Å². The molecule has 180 valence electrons. The molecular weight excluding hydrogens is 456 g/mol. The first kappa shape index (κ1) is 24.0. The van der Waals surface area contributed by atoms with E-state index in [0.29, 0.717) is 43.2 Å². The summed E-state index contributed by atoms with van der Waals surface area (Å²) in [6.07, 6.45) is 4.65. The van der Waals surface area contributed by atoms with E-state index in [1.165, 1.54) is 12.1 Å². The van der Waals surface area contributed by atoms with Gasteiger partial charge in [0.25, 0.3) is 0 Å². The monoisotopic (exact) mass is 484 g/mol. The second-order valence-electron chi connectivity index (χ2n) is 8.89. The number of allylic oxidation sites excluding steroid dienone is 2. The quantitative estimate of drug-likeness (QED) is 0.346. The van der Waals surface area contributed by atoms with Crippen molar-refractivity contribution >= 4 is 22.1 Å². The number of carboxylic acid groups (broad SMARTS) is 1. The normalized spacial score (nSPS) is 18.7. The molecule has 1 unspecified atom stereocenters. The first-order valence-electron chi connectivity index (χ1n) is 11.4. The van der Waals surface area contributed by atoms with Gasteiger partial charge in [-0.05, 0) is 69.2 Å². The number of esters is 1. The molecule has 4 rings (SSSR count). The van der Waals surface area contributed by atoms with Crippen LogP contribution in [0.5, 0.6) is 5.75 Å². The highest BCUT2D eigenvalue weighted by Crippen LogP contribution is 2.41. The Balaban J connectivity index is 1.81. The number of aliphatic carboxylic acids is 1. The third-order valence-electron chi connectivity index (χ3n) is 6.75. The van der Waals surface area contributed by atoms with E-state index < -0.39 is 28.0 Å². The minimum absolute atomic E-state index is 0.00114. The number of carbonyl (C=O) groups is 2. The summed E-state index contributed by atoms with van der Waals surface area (Å²) in [6.45, 7) is 5.81. The fourth-order valence-electron chi connectivity index (χ4n) is 4.80. The summed E-state index contributed by atoms with van der Waals surface area (Å²) in [7, 11) is -4.20. The molecule has 1 N–H and O–H groups in total. The second kappa shape index (κ2) is 9.25. The van der Waals surface area contributed by atoms with Crippen LogP contribution in [0.15, 0.2) is 40.8 Å². The van der Waals surface area contributed by atoms with Gasteiger partial charge in [0.05, 0.1) is 5.92 Å². The summed E-state index contributed by atoms with van der Waals surface area (Å²) < 4.78 is 37.3. The molecule has 0 spiro atoms. The third-order valence-corrected chi connectivity index (χ3v) is 7.98. The summed E-state index contributed by atoms with van der Waals surface area (Å²) in [5.41, 5.74) is 5.17. The van der Waals surface area contributed by atoms with Gasteiger partial charge >= 0.3 is 22.1 Å². The van der Waals surface area contributed by atoms with Crippen molar-refractivity contribution in [3.8, 4) is 5.75 Å². The Morgan fingerprint density at radius 1 is 1.21 bits per heavy atom. The van der Waals surface area contributed by atoms with Crippen LogP contribution in [0, 0.1) is 19.8 Å². The summed E-state index contributed by atoms with van der Waals surface area (Å²) >= 11 is 0. The Bertz CT molecular complexity index is 1290. The lowest BCUT2D eigenvalue weighted by molar-refractivity contribution is -0.141. The average molecular weight is 485 g/mol. The van der Waals surface area contributed by atoms with E-state index in [0.717, 1.165) is 22.3 Å². The molecule has 1 saturated carbocycles. The van der Waals surface area contributed by atoms with E-state index in [4.69, 9.17) is 8.92 Å². The Kier molecular flexibility index (Phi) is 6.53. The highest BCUT2D eigenvalue weighted by Gasteiger charge is 2.35. The Morgan fingerprint density at radius 2 is 1.91 bits per heavy atom. The third kappa shape index (κ3) is 4.46. The smallest absolute Gasteiger partial charge is 0.342 e. The molecule has 0 saturated heterocycles. The van der Waals surface area contributed by atoms with Crippen LogP contribution in [0.2, 0.25) is 0 Å². The molecule has 0 aromatic heterocycles. The van der Waals surface area contributed by atoms with Crippen LogP contribution < -0.4 is 4.18 Å². The Morgan fingerprint density at radius 3 is 2.53 bits per heavy atom. The van der Waals surface area contributed by atoms with Gasteiger partial charge in [0.1, 0.15) is 17.1 Å². The summed E-state index contributed by atoms with van der Waals surface area (Å²) in [5, 5.41) is 9.30. The highest BCUT2D eigenvalue weighted by atomic mass is 32.2. The van der Waals surface area contributed by atoms with Crippen LogP contribution in [0.3, 0.4) is 0 Å². The van der Waals surface area contributed by atoms with Crippen LogP contribution in [-0.2, 0) is 39.1 Å². The molecule has 8 heteroatoms. The number of aryl methyl sites for hydroxylation is 1. The van der Waals surface area contributed by atoms with Gasteiger partial charge < -0.3 is 14.0 Å². The second-order valence-corrected chi connectivity index (χ2v) is 10.4. The minimum atomic E-state index is -4.20. The highest BCUT2D eigenvalue weighted by molar-refractivity contribution is 7.87. The van der Waals surface area contributed by atoms with E-state index in [2.05, 4.69) is 0 Å². The largest absolute Gasteiger partial charge is 0.481 e. The molecule has 1 heterocycles. The predicted molar refractivity (Wildman–Crippen MR) is 125 cm³/mol. The molecule has 0 bridgehead atoms. The molecule has 2 aliphatic rings. The van der Waals surface area contributed by atoms with Gasteiger partial charge in [-0.3, -0.25) is 4.79 Å². The van der Waals surface area contributed by atoms with Crippen LogP contribution >= 0.6 is 0 Å². The van der Waals surface area contributed by atoms with Crippen molar-refractivity contribution in [2.75, 3.05) is 0 Å². The maximum absolute atomic E-state index is 13.2. The number of hydrogen-bond acceptors (Lipinski definition) is 6. The molecule has 1 aliphatic heterocycles. The lowest BCUT2D eigenvalue weighted by atomic mass is 9.89. The zero-order chi connectivity index (χ0) is 24.6. The maximum Gasteiger partial charge on any atom is 0.342 e. The van der Waals surface area contributed by atoms with Crippen LogP contribution in [0.1, 0.15) is 64.4 Å². The van der Waals surface area contributed by atoms with Crippen molar-refractivity contribution < 1.29 is 32.0 Å². The first-order chi connectivity index (χ1) is 16.1. The van der Waals surface area contributed by atoms with Crippen molar-refractivity contribution in [1.82, 2.24) is 0 Å². The lowest BCUT2D eigenvalue weighted by Gasteiger charge is -2.19. The van der Waals surface area contributed by atoms with Crippen molar-refractivity contribution in [1.29, 1.82) is 0 Å². The van der Waals surface area contributed by atoms with Gasteiger partial charge in [0.15, 0.2) is 5.75 Å². The van der Waals surface area contributed by atoms with Crippen LogP contribution in [0.25, 0.3) is 0 Å².